The molecule has 7 nitrogen and oxygen atoms in total. The van der Waals surface area contributed by atoms with Crippen LogP contribution in [0.2, 0.25) is 0 Å². The number of imide groups is 1. The predicted octanol–water partition coefficient (Wildman–Crippen LogP) is 4.57. The van der Waals surface area contributed by atoms with Crippen LogP contribution in [-0.2, 0) is 31.9 Å². The van der Waals surface area contributed by atoms with E-state index < -0.39 is 23.7 Å². The number of aromatic nitrogens is 1. The molecule has 5 rings (SSSR count). The van der Waals surface area contributed by atoms with Gasteiger partial charge in [-0.2, -0.15) is 0 Å². The van der Waals surface area contributed by atoms with Gasteiger partial charge in [0.1, 0.15) is 5.92 Å². The van der Waals surface area contributed by atoms with Gasteiger partial charge in [-0.1, -0.05) is 35.9 Å². The maximum Gasteiger partial charge on any atom is 0.243 e. The highest BCUT2D eigenvalue weighted by Gasteiger charge is 2.67. The normalized spacial score (nSPS) is 26.0. The zero-order valence-corrected chi connectivity index (χ0v) is 22.1. The molecule has 0 saturated carbocycles. The van der Waals surface area contributed by atoms with Crippen molar-refractivity contribution in [2.75, 3.05) is 18.6 Å². The van der Waals surface area contributed by atoms with Crippen molar-refractivity contribution in [3.63, 3.8) is 0 Å². The minimum Gasteiger partial charge on any atom is -0.347 e. The van der Waals surface area contributed by atoms with Gasteiger partial charge in [-0.3, -0.25) is 9.59 Å². The van der Waals surface area contributed by atoms with Crippen molar-refractivity contribution >= 4 is 28.4 Å². The summed E-state index contributed by atoms with van der Waals surface area (Å²) in [4.78, 5) is 29.8. The van der Waals surface area contributed by atoms with Gasteiger partial charge in [0.25, 0.3) is 0 Å². The standard InChI is InChI=1S/C29H35N3O4/c1-8-36-29(35-7)23-22(26(33)32(27(23)34)18-15-13-17(2)14-16-18)24(30-28(3,4)5)21-19-11-9-10-12-20(19)31(6)25(21)29/h9-16,22-24,30H,8H2,1-7H3/t22-,23-,24-,29-/m1/s1. The second-order valence-electron chi connectivity index (χ2n) is 10.9. The summed E-state index contributed by atoms with van der Waals surface area (Å²) in [6, 6.07) is 15.2. The third kappa shape index (κ3) is 3.44. The molecule has 0 bridgehead atoms. The van der Waals surface area contributed by atoms with Gasteiger partial charge in [-0.15, -0.1) is 0 Å². The summed E-state index contributed by atoms with van der Waals surface area (Å²) in [6.45, 7) is 10.4. The number of benzene rings is 2. The zero-order chi connectivity index (χ0) is 26.0. The Morgan fingerprint density at radius 2 is 1.69 bits per heavy atom. The lowest BCUT2D eigenvalue weighted by Gasteiger charge is -2.46. The van der Waals surface area contributed by atoms with Gasteiger partial charge in [0.05, 0.1) is 17.3 Å². The molecule has 4 atom stereocenters. The number of rotatable bonds is 5. The zero-order valence-electron chi connectivity index (χ0n) is 22.1. The fourth-order valence-electron chi connectivity index (χ4n) is 6.14. The average molecular weight is 490 g/mol. The summed E-state index contributed by atoms with van der Waals surface area (Å²) in [5.41, 5.74) is 4.04. The molecule has 3 aromatic rings. The number of fused-ring (bicyclic) bond motifs is 4. The molecule has 1 fully saturated rings. The van der Waals surface area contributed by atoms with E-state index in [0.29, 0.717) is 12.3 Å². The van der Waals surface area contributed by atoms with Crippen molar-refractivity contribution in [1.82, 2.24) is 9.88 Å². The first-order valence-electron chi connectivity index (χ1n) is 12.5. The quantitative estimate of drug-likeness (QED) is 0.420. The molecule has 0 unspecified atom stereocenters. The molecule has 1 aliphatic carbocycles. The SMILES string of the molecule is CCO[C@@]1(OC)c2c(c3ccccc3n2C)[C@@H](NC(C)(C)C)[C@@H]2C(=O)N(c3ccc(C)cc3)C(=O)[C@@H]21. The van der Waals surface area contributed by atoms with Crippen LogP contribution < -0.4 is 10.2 Å². The van der Waals surface area contributed by atoms with Crippen LogP contribution in [0.4, 0.5) is 5.69 Å². The minimum atomic E-state index is -1.41. The van der Waals surface area contributed by atoms with Crippen LogP contribution in [0.1, 0.15) is 50.6 Å². The third-order valence-electron chi connectivity index (χ3n) is 7.45. The molecule has 36 heavy (non-hydrogen) atoms. The molecule has 2 aromatic carbocycles. The molecule has 2 amide bonds. The first-order valence-corrected chi connectivity index (χ1v) is 12.5. The highest BCUT2D eigenvalue weighted by atomic mass is 16.7. The van der Waals surface area contributed by atoms with Gasteiger partial charge in [-0.25, -0.2) is 4.90 Å². The number of nitrogens with one attached hydrogen (secondary N) is 1. The van der Waals surface area contributed by atoms with E-state index in [1.165, 1.54) is 4.90 Å². The van der Waals surface area contributed by atoms with Crippen molar-refractivity contribution in [3.8, 4) is 0 Å². The third-order valence-corrected chi connectivity index (χ3v) is 7.45. The van der Waals surface area contributed by atoms with Crippen LogP contribution in [0.5, 0.6) is 0 Å². The fourth-order valence-corrected chi connectivity index (χ4v) is 6.14. The van der Waals surface area contributed by atoms with E-state index in [1.54, 1.807) is 7.11 Å². The van der Waals surface area contributed by atoms with E-state index >= 15 is 0 Å². The molecule has 190 valence electrons. The second-order valence-corrected chi connectivity index (χ2v) is 10.9. The molecule has 0 radical (unpaired) electrons. The van der Waals surface area contributed by atoms with Crippen LogP contribution in [0.15, 0.2) is 48.5 Å². The lowest BCUT2D eigenvalue weighted by molar-refractivity contribution is -0.271. The second kappa shape index (κ2) is 8.54. The molecular weight excluding hydrogens is 454 g/mol. The monoisotopic (exact) mass is 489 g/mol. The van der Waals surface area contributed by atoms with Crippen LogP contribution in [-0.4, -0.2) is 35.6 Å². The van der Waals surface area contributed by atoms with Gasteiger partial charge in [-0.05, 0) is 52.8 Å². The van der Waals surface area contributed by atoms with Crippen LogP contribution >= 0.6 is 0 Å². The number of methoxy groups -OCH3 is 1. The summed E-state index contributed by atoms with van der Waals surface area (Å²) in [6.07, 6.45) is 0. The van der Waals surface area contributed by atoms with Gasteiger partial charge >= 0.3 is 0 Å². The molecule has 1 saturated heterocycles. The van der Waals surface area contributed by atoms with Crippen molar-refractivity contribution in [2.24, 2.45) is 18.9 Å². The minimum absolute atomic E-state index is 0.240. The average Bonchev–Trinajstić information content (AvgIpc) is 3.28. The van der Waals surface area contributed by atoms with Gasteiger partial charge < -0.3 is 19.4 Å². The lowest BCUT2D eigenvalue weighted by Crippen LogP contribution is -2.56. The molecular formula is C29H35N3O4. The number of aryl methyl sites for hydroxylation is 2. The maximum atomic E-state index is 14.2. The molecule has 2 heterocycles. The number of para-hydroxylation sites is 1. The summed E-state index contributed by atoms with van der Waals surface area (Å²) >= 11 is 0. The maximum absolute atomic E-state index is 14.2. The van der Waals surface area contributed by atoms with Crippen LogP contribution in [0, 0.1) is 18.8 Å². The largest absolute Gasteiger partial charge is 0.347 e. The van der Waals surface area contributed by atoms with Gasteiger partial charge in [0.2, 0.25) is 17.6 Å². The summed E-state index contributed by atoms with van der Waals surface area (Å²) in [5.74, 6) is -3.52. The van der Waals surface area contributed by atoms with Crippen molar-refractivity contribution in [2.45, 2.75) is 52.0 Å². The smallest absolute Gasteiger partial charge is 0.243 e. The van der Waals surface area contributed by atoms with E-state index in [0.717, 1.165) is 27.7 Å². The highest BCUT2D eigenvalue weighted by Crippen LogP contribution is 2.57. The number of anilines is 1. The number of carbonyl (C=O) groups excluding carboxylic acids is 2. The Balaban J connectivity index is 1.82. The van der Waals surface area contributed by atoms with E-state index in [2.05, 4.69) is 36.7 Å². The summed E-state index contributed by atoms with van der Waals surface area (Å²) in [5, 5.41) is 4.72. The number of ether oxygens (including phenoxy) is 2. The number of hydrogen-bond donors (Lipinski definition) is 1. The molecule has 1 aromatic heterocycles. The fraction of sp³-hybridized carbons (Fsp3) is 0.448. The Kier molecular flexibility index (Phi) is 5.86. The van der Waals surface area contributed by atoms with E-state index in [4.69, 9.17) is 9.47 Å². The first-order chi connectivity index (χ1) is 17.1. The Morgan fingerprint density at radius 3 is 2.31 bits per heavy atom. The molecule has 0 spiro atoms. The number of amides is 2. The van der Waals surface area contributed by atoms with Gasteiger partial charge in [0, 0.05) is 48.8 Å². The van der Waals surface area contributed by atoms with Gasteiger partial charge in [0.15, 0.2) is 0 Å². The molecule has 1 N–H and O–H groups in total. The van der Waals surface area contributed by atoms with Crippen LogP contribution in [0.3, 0.4) is 0 Å². The van der Waals surface area contributed by atoms with Crippen LogP contribution in [0.25, 0.3) is 10.9 Å². The summed E-state index contributed by atoms with van der Waals surface area (Å²) in [7, 11) is 3.54. The lowest BCUT2D eigenvalue weighted by atomic mass is 9.71. The Labute approximate surface area is 212 Å². The number of carbonyl (C=O) groups is 2. The first kappa shape index (κ1) is 24.7. The van der Waals surface area contributed by atoms with E-state index in [-0.39, 0.29) is 17.4 Å². The van der Waals surface area contributed by atoms with Crippen molar-refractivity contribution < 1.29 is 19.1 Å². The Morgan fingerprint density at radius 1 is 1.03 bits per heavy atom. The van der Waals surface area contributed by atoms with E-state index in [1.807, 2.05) is 63.4 Å². The highest BCUT2D eigenvalue weighted by molar-refractivity contribution is 6.23. The number of hydrogen-bond acceptors (Lipinski definition) is 5. The molecule has 7 heteroatoms. The Hall–Kier alpha value is -3.00. The van der Waals surface area contributed by atoms with Crippen molar-refractivity contribution in [3.05, 3.63) is 65.4 Å². The predicted molar refractivity (Wildman–Crippen MR) is 140 cm³/mol. The number of nitrogens with zero attached hydrogens (tertiary/aromatic N) is 2. The summed E-state index contributed by atoms with van der Waals surface area (Å²) < 4.78 is 14.7. The van der Waals surface area contributed by atoms with E-state index in [9.17, 15) is 9.59 Å². The molecule has 2 aliphatic rings. The molecule has 1 aliphatic heterocycles. The topological polar surface area (TPSA) is 72.8 Å². The van der Waals surface area contributed by atoms with Crippen molar-refractivity contribution in [1.29, 1.82) is 0 Å². The Bertz CT molecular complexity index is 1340.